The lowest BCUT2D eigenvalue weighted by atomic mass is 9.74. The summed E-state index contributed by atoms with van der Waals surface area (Å²) in [6.07, 6.45) is 12.3. The second-order valence-electron chi connectivity index (χ2n) is 8.45. The standard InChI is InChI=1S/C26H36O4/c1-6-8-10-18(3)24(27)14-13-20-11-12-21-16-22(19(4)15-23(20)21)25(9-7-2)30-17-26(28)29-5/h7,9,13-14,18,20-21,23-24,27H,2,10-12,15-17H2,1,3-5H3/b14-13+,25-9+/t18-,20+,21+,23+,24?/m0/s1. The van der Waals surface area contributed by atoms with E-state index in [9.17, 15) is 9.90 Å². The molecule has 0 aromatic carbocycles. The molecule has 2 aliphatic carbocycles. The summed E-state index contributed by atoms with van der Waals surface area (Å²) in [7, 11) is 1.36. The first-order valence-corrected chi connectivity index (χ1v) is 10.9. The average molecular weight is 413 g/mol. The minimum atomic E-state index is -0.450. The van der Waals surface area contributed by atoms with Gasteiger partial charge in [0.1, 0.15) is 5.76 Å². The molecule has 1 unspecified atom stereocenters. The van der Waals surface area contributed by atoms with E-state index < -0.39 is 6.10 Å². The molecule has 1 N–H and O–H groups in total. The molecule has 0 spiro atoms. The molecule has 0 amide bonds. The van der Waals surface area contributed by atoms with Gasteiger partial charge in [-0.1, -0.05) is 37.3 Å². The zero-order valence-electron chi connectivity index (χ0n) is 18.8. The summed E-state index contributed by atoms with van der Waals surface area (Å²) in [4.78, 5) is 11.5. The van der Waals surface area contributed by atoms with Gasteiger partial charge in [-0.25, -0.2) is 4.79 Å². The number of hydrogen-bond donors (Lipinski definition) is 1. The topological polar surface area (TPSA) is 55.8 Å². The Kier molecular flexibility index (Phi) is 9.46. The first-order valence-electron chi connectivity index (χ1n) is 10.9. The zero-order valence-corrected chi connectivity index (χ0v) is 18.8. The van der Waals surface area contributed by atoms with Crippen molar-refractivity contribution >= 4 is 5.97 Å². The molecule has 4 heteroatoms. The van der Waals surface area contributed by atoms with E-state index >= 15 is 0 Å². The molecule has 0 heterocycles. The van der Waals surface area contributed by atoms with Crippen molar-refractivity contribution in [2.24, 2.45) is 23.7 Å². The fourth-order valence-electron chi connectivity index (χ4n) is 4.59. The van der Waals surface area contributed by atoms with Crippen molar-refractivity contribution in [3.05, 3.63) is 47.8 Å². The molecule has 1 fully saturated rings. The quantitative estimate of drug-likeness (QED) is 0.191. The van der Waals surface area contributed by atoms with Crippen LogP contribution in [0.15, 0.2) is 47.8 Å². The Morgan fingerprint density at radius 3 is 2.80 bits per heavy atom. The van der Waals surface area contributed by atoms with Crippen molar-refractivity contribution in [2.45, 2.75) is 59.0 Å². The number of ether oxygens (including phenoxy) is 2. The van der Waals surface area contributed by atoms with Crippen LogP contribution in [0.2, 0.25) is 0 Å². The van der Waals surface area contributed by atoms with E-state index in [1.807, 2.05) is 26.0 Å². The first kappa shape index (κ1) is 24.0. The molecular formula is C26H36O4. The maximum Gasteiger partial charge on any atom is 0.343 e. The van der Waals surface area contributed by atoms with E-state index in [2.05, 4.69) is 31.4 Å². The predicted molar refractivity (Wildman–Crippen MR) is 120 cm³/mol. The number of rotatable bonds is 9. The zero-order chi connectivity index (χ0) is 22.1. The van der Waals surface area contributed by atoms with Crippen LogP contribution in [-0.2, 0) is 14.3 Å². The number of hydrogen-bond acceptors (Lipinski definition) is 4. The highest BCUT2D eigenvalue weighted by molar-refractivity contribution is 5.70. The average Bonchev–Trinajstić information content (AvgIpc) is 3.13. The normalized spacial score (nSPS) is 25.9. The van der Waals surface area contributed by atoms with Crippen LogP contribution < -0.4 is 0 Å². The number of aliphatic hydroxyl groups is 1. The van der Waals surface area contributed by atoms with Crippen LogP contribution in [0.4, 0.5) is 0 Å². The number of carbonyl (C=O) groups excluding carboxylic acids is 1. The Bertz CT molecular complexity index is 762. The summed E-state index contributed by atoms with van der Waals surface area (Å²) >= 11 is 0. The molecule has 2 aliphatic rings. The summed E-state index contributed by atoms with van der Waals surface area (Å²) in [6.45, 7) is 9.72. The first-order chi connectivity index (χ1) is 14.4. The molecule has 0 aliphatic heterocycles. The molecule has 5 atom stereocenters. The van der Waals surface area contributed by atoms with Crippen LogP contribution in [-0.4, -0.2) is 30.9 Å². The minimum absolute atomic E-state index is 0.0924. The molecule has 0 bridgehead atoms. The summed E-state index contributed by atoms with van der Waals surface area (Å²) in [5, 5.41) is 10.4. The lowest BCUT2D eigenvalue weighted by molar-refractivity contribution is -0.144. The summed E-state index contributed by atoms with van der Waals surface area (Å²) in [5.74, 6) is 8.11. The van der Waals surface area contributed by atoms with Gasteiger partial charge in [0.15, 0.2) is 6.61 Å². The van der Waals surface area contributed by atoms with E-state index in [-0.39, 0.29) is 18.5 Å². The number of fused-ring (bicyclic) bond motifs is 1. The molecule has 1 saturated carbocycles. The third kappa shape index (κ3) is 6.37. The third-order valence-electron chi connectivity index (χ3n) is 6.43. The van der Waals surface area contributed by atoms with Gasteiger partial charge in [0.2, 0.25) is 0 Å². The number of methoxy groups -OCH3 is 1. The van der Waals surface area contributed by atoms with Gasteiger partial charge in [0.05, 0.1) is 13.2 Å². The molecule has 0 aromatic heterocycles. The lowest BCUT2D eigenvalue weighted by Crippen LogP contribution is -2.22. The van der Waals surface area contributed by atoms with Crippen molar-refractivity contribution in [3.63, 3.8) is 0 Å². The summed E-state index contributed by atoms with van der Waals surface area (Å²) in [6, 6.07) is 0. The maximum atomic E-state index is 11.5. The van der Waals surface area contributed by atoms with Crippen molar-refractivity contribution in [1.29, 1.82) is 0 Å². The fourth-order valence-corrected chi connectivity index (χ4v) is 4.59. The van der Waals surface area contributed by atoms with Crippen molar-refractivity contribution < 1.29 is 19.4 Å². The van der Waals surface area contributed by atoms with Gasteiger partial charge < -0.3 is 14.6 Å². The van der Waals surface area contributed by atoms with Gasteiger partial charge in [-0.2, -0.15) is 0 Å². The Labute approximate surface area is 181 Å². The van der Waals surface area contributed by atoms with Gasteiger partial charge in [0, 0.05) is 6.42 Å². The van der Waals surface area contributed by atoms with Crippen molar-refractivity contribution in [1.82, 2.24) is 0 Å². The van der Waals surface area contributed by atoms with Crippen LogP contribution in [0, 0.1) is 35.5 Å². The van der Waals surface area contributed by atoms with Crippen molar-refractivity contribution in [3.8, 4) is 11.8 Å². The Morgan fingerprint density at radius 2 is 2.13 bits per heavy atom. The van der Waals surface area contributed by atoms with Crippen molar-refractivity contribution in [2.75, 3.05) is 13.7 Å². The molecule has 0 aromatic rings. The largest absolute Gasteiger partial charge is 0.482 e. The second-order valence-corrected chi connectivity index (χ2v) is 8.45. The molecular weight excluding hydrogens is 376 g/mol. The highest BCUT2D eigenvalue weighted by Gasteiger charge is 2.39. The van der Waals surface area contributed by atoms with Gasteiger partial charge in [0.25, 0.3) is 0 Å². The van der Waals surface area contributed by atoms with E-state index in [0.29, 0.717) is 24.2 Å². The summed E-state index contributed by atoms with van der Waals surface area (Å²) in [5.41, 5.74) is 2.50. The monoisotopic (exact) mass is 412 g/mol. The number of esters is 1. The van der Waals surface area contributed by atoms with Gasteiger partial charge in [-0.05, 0) is 74.9 Å². The van der Waals surface area contributed by atoms with E-state index in [1.54, 1.807) is 6.08 Å². The van der Waals surface area contributed by atoms with Gasteiger partial charge in [-0.3, -0.25) is 0 Å². The molecule has 0 radical (unpaired) electrons. The number of allylic oxidation sites excluding steroid dienone is 5. The van der Waals surface area contributed by atoms with Gasteiger partial charge >= 0.3 is 5.97 Å². The Balaban J connectivity index is 2.07. The Morgan fingerprint density at radius 1 is 1.37 bits per heavy atom. The highest BCUT2D eigenvalue weighted by Crippen LogP contribution is 2.49. The van der Waals surface area contributed by atoms with Crippen LogP contribution in [0.1, 0.15) is 52.9 Å². The molecule has 2 rings (SSSR count). The van der Waals surface area contributed by atoms with Crippen LogP contribution >= 0.6 is 0 Å². The minimum Gasteiger partial charge on any atom is -0.482 e. The summed E-state index contributed by atoms with van der Waals surface area (Å²) < 4.78 is 10.4. The van der Waals surface area contributed by atoms with Gasteiger partial charge in [-0.15, -0.1) is 11.8 Å². The smallest absolute Gasteiger partial charge is 0.343 e. The molecule has 164 valence electrons. The highest BCUT2D eigenvalue weighted by atomic mass is 16.6. The number of aliphatic hydroxyl groups excluding tert-OH is 1. The van der Waals surface area contributed by atoms with Crippen LogP contribution in [0.25, 0.3) is 0 Å². The third-order valence-corrected chi connectivity index (χ3v) is 6.43. The van der Waals surface area contributed by atoms with Crippen LogP contribution in [0.3, 0.4) is 0 Å². The Hall–Kier alpha value is -2.25. The van der Waals surface area contributed by atoms with Crippen LogP contribution in [0.5, 0.6) is 0 Å². The predicted octanol–water partition coefficient (Wildman–Crippen LogP) is 4.97. The molecule has 0 saturated heterocycles. The van der Waals surface area contributed by atoms with E-state index in [0.717, 1.165) is 25.0 Å². The molecule has 30 heavy (non-hydrogen) atoms. The second kappa shape index (κ2) is 11.8. The number of carbonyl (C=O) groups is 1. The lowest BCUT2D eigenvalue weighted by Gasteiger charge is -2.32. The SMILES string of the molecule is C=C/C=C(/OCC(=O)OC)C1=C(C)C[C@H]2[C@H](CC[C@@H]2/C=C/C(O)[C@@H](C)CC#CC)C1. The molecule has 4 nitrogen and oxygen atoms in total. The van der Waals surface area contributed by atoms with E-state index in [4.69, 9.17) is 9.47 Å². The fraction of sp³-hybridized carbons (Fsp3) is 0.577. The van der Waals surface area contributed by atoms with E-state index in [1.165, 1.54) is 24.7 Å². The maximum absolute atomic E-state index is 11.5.